The lowest BCUT2D eigenvalue weighted by molar-refractivity contribution is -0.139. The average Bonchev–Trinajstić information content (AvgIpc) is 2.17. The Kier molecular flexibility index (Phi) is 4.12. The summed E-state index contributed by atoms with van der Waals surface area (Å²) in [4.78, 5) is 10.6. The molecule has 15 heavy (non-hydrogen) atoms. The second-order valence-corrected chi connectivity index (χ2v) is 3.94. The Bertz CT molecular complexity index is 354. The van der Waals surface area contributed by atoms with E-state index in [-0.39, 0.29) is 6.04 Å². The maximum atomic E-state index is 10.6. The highest BCUT2D eigenvalue weighted by atomic mass is 35.5. The molecule has 0 saturated heterocycles. The first-order chi connectivity index (χ1) is 7.00. The minimum absolute atomic E-state index is 0.0326. The average molecular weight is 228 g/mol. The van der Waals surface area contributed by atoms with Crippen LogP contribution < -0.4 is 5.32 Å². The summed E-state index contributed by atoms with van der Waals surface area (Å²) in [5.74, 6) is -0.858. The molecule has 0 amide bonds. The van der Waals surface area contributed by atoms with E-state index in [1.807, 2.05) is 25.1 Å². The third kappa shape index (κ3) is 3.53. The lowest BCUT2D eigenvalue weighted by atomic mass is 10.1. The monoisotopic (exact) mass is 227 g/mol. The molecule has 0 fully saturated rings. The molecular formula is C11H14ClNO2. The number of nitrogens with one attached hydrogen (secondary N) is 1. The van der Waals surface area contributed by atoms with Crippen LogP contribution in [0.3, 0.4) is 0 Å². The van der Waals surface area contributed by atoms with Crippen molar-refractivity contribution in [2.24, 2.45) is 0 Å². The molecule has 1 aromatic rings. The van der Waals surface area contributed by atoms with E-state index in [1.165, 1.54) is 0 Å². The van der Waals surface area contributed by atoms with Crippen LogP contribution in [-0.2, 0) is 4.79 Å². The quantitative estimate of drug-likeness (QED) is 0.831. The van der Waals surface area contributed by atoms with Crippen molar-refractivity contribution in [3.63, 3.8) is 0 Å². The van der Waals surface area contributed by atoms with Crippen molar-refractivity contribution in [1.29, 1.82) is 0 Å². The van der Waals surface area contributed by atoms with Crippen molar-refractivity contribution in [1.82, 2.24) is 5.32 Å². The Morgan fingerprint density at radius 2 is 2.13 bits per heavy atom. The van der Waals surface area contributed by atoms with Crippen LogP contribution in [-0.4, -0.2) is 17.1 Å². The number of carboxylic acid groups (broad SMARTS) is 1. The molecule has 4 heteroatoms. The van der Waals surface area contributed by atoms with Crippen LogP contribution in [0.5, 0.6) is 0 Å². The van der Waals surface area contributed by atoms with E-state index in [0.717, 1.165) is 5.56 Å². The number of hydrogen-bond acceptors (Lipinski definition) is 2. The van der Waals surface area contributed by atoms with Crippen LogP contribution in [0, 0.1) is 0 Å². The number of benzene rings is 1. The fourth-order valence-corrected chi connectivity index (χ4v) is 1.52. The maximum absolute atomic E-state index is 10.6. The topological polar surface area (TPSA) is 49.3 Å². The molecule has 1 unspecified atom stereocenters. The molecule has 0 spiro atoms. The molecule has 0 saturated carbocycles. The van der Waals surface area contributed by atoms with Gasteiger partial charge in [-0.1, -0.05) is 23.7 Å². The smallest absolute Gasteiger partial charge is 0.320 e. The molecule has 2 atom stereocenters. The molecule has 1 aromatic carbocycles. The molecule has 3 nitrogen and oxygen atoms in total. The van der Waals surface area contributed by atoms with Crippen molar-refractivity contribution in [2.45, 2.75) is 25.9 Å². The Hall–Kier alpha value is -1.06. The Morgan fingerprint density at radius 3 is 2.67 bits per heavy atom. The van der Waals surface area contributed by atoms with E-state index < -0.39 is 12.0 Å². The number of carbonyl (C=O) groups is 1. The van der Waals surface area contributed by atoms with E-state index in [9.17, 15) is 4.79 Å². The fraction of sp³-hybridized carbons (Fsp3) is 0.364. The van der Waals surface area contributed by atoms with Crippen LogP contribution in [0.25, 0.3) is 0 Å². The first-order valence-corrected chi connectivity index (χ1v) is 5.13. The first kappa shape index (κ1) is 12.0. The van der Waals surface area contributed by atoms with Gasteiger partial charge in [-0.25, -0.2) is 0 Å². The highest BCUT2D eigenvalue weighted by Crippen LogP contribution is 2.17. The summed E-state index contributed by atoms with van der Waals surface area (Å²) >= 11 is 5.84. The van der Waals surface area contributed by atoms with Gasteiger partial charge in [0.05, 0.1) is 0 Å². The van der Waals surface area contributed by atoms with Crippen molar-refractivity contribution in [3.05, 3.63) is 34.9 Å². The Labute approximate surface area is 94.1 Å². The van der Waals surface area contributed by atoms with Crippen LogP contribution >= 0.6 is 11.6 Å². The van der Waals surface area contributed by atoms with Crippen LogP contribution in [0.4, 0.5) is 0 Å². The number of rotatable bonds is 4. The lowest BCUT2D eigenvalue weighted by Crippen LogP contribution is -2.35. The van der Waals surface area contributed by atoms with Gasteiger partial charge in [0.1, 0.15) is 6.04 Å². The number of aliphatic carboxylic acids is 1. The summed E-state index contributed by atoms with van der Waals surface area (Å²) in [6.07, 6.45) is 0. The van der Waals surface area contributed by atoms with Gasteiger partial charge in [0.15, 0.2) is 0 Å². The summed E-state index contributed by atoms with van der Waals surface area (Å²) in [5, 5.41) is 12.4. The van der Waals surface area contributed by atoms with Crippen LogP contribution in [0.15, 0.2) is 24.3 Å². The zero-order valence-electron chi connectivity index (χ0n) is 8.70. The molecule has 1 rings (SSSR count). The third-order valence-corrected chi connectivity index (χ3v) is 2.45. The molecule has 0 aromatic heterocycles. The molecule has 82 valence electrons. The summed E-state index contributed by atoms with van der Waals surface area (Å²) < 4.78 is 0. The second-order valence-electron chi connectivity index (χ2n) is 3.50. The Morgan fingerprint density at radius 1 is 1.47 bits per heavy atom. The highest BCUT2D eigenvalue weighted by Gasteiger charge is 2.14. The summed E-state index contributed by atoms with van der Waals surface area (Å²) in [6, 6.07) is 6.78. The second kappa shape index (κ2) is 5.14. The molecule has 0 radical (unpaired) electrons. The molecule has 2 N–H and O–H groups in total. The lowest BCUT2D eigenvalue weighted by Gasteiger charge is -2.17. The molecule has 0 heterocycles. The van der Waals surface area contributed by atoms with Crippen LogP contribution in [0.1, 0.15) is 25.5 Å². The van der Waals surface area contributed by atoms with Crippen molar-refractivity contribution in [3.8, 4) is 0 Å². The molecular weight excluding hydrogens is 214 g/mol. The van der Waals surface area contributed by atoms with E-state index >= 15 is 0 Å². The maximum Gasteiger partial charge on any atom is 0.320 e. The van der Waals surface area contributed by atoms with E-state index in [2.05, 4.69) is 5.32 Å². The van der Waals surface area contributed by atoms with E-state index in [4.69, 9.17) is 16.7 Å². The predicted octanol–water partition coefficient (Wildman–Crippen LogP) is 2.46. The van der Waals surface area contributed by atoms with Gasteiger partial charge >= 0.3 is 5.97 Å². The highest BCUT2D eigenvalue weighted by molar-refractivity contribution is 6.30. The molecule has 0 aliphatic heterocycles. The zero-order valence-corrected chi connectivity index (χ0v) is 9.45. The van der Waals surface area contributed by atoms with Crippen molar-refractivity contribution >= 4 is 17.6 Å². The summed E-state index contributed by atoms with van der Waals surface area (Å²) in [7, 11) is 0. The third-order valence-electron chi connectivity index (χ3n) is 2.22. The van der Waals surface area contributed by atoms with Crippen molar-refractivity contribution in [2.75, 3.05) is 0 Å². The van der Waals surface area contributed by atoms with Gasteiger partial charge < -0.3 is 5.11 Å². The van der Waals surface area contributed by atoms with Gasteiger partial charge in [-0.3, -0.25) is 10.1 Å². The standard InChI is InChI=1S/C11H14ClNO2/c1-7(13-8(2)11(14)15)9-4-3-5-10(12)6-9/h3-8,13H,1-2H3,(H,14,15)/t7-,8?/m0/s1. The molecule has 0 aliphatic rings. The van der Waals surface area contributed by atoms with Gasteiger partial charge in [0, 0.05) is 11.1 Å². The zero-order chi connectivity index (χ0) is 11.4. The summed E-state index contributed by atoms with van der Waals surface area (Å²) in [6.45, 7) is 3.52. The van der Waals surface area contributed by atoms with Gasteiger partial charge in [0.25, 0.3) is 0 Å². The minimum Gasteiger partial charge on any atom is -0.480 e. The molecule has 0 aliphatic carbocycles. The van der Waals surface area contributed by atoms with Gasteiger partial charge in [-0.15, -0.1) is 0 Å². The normalized spacial score (nSPS) is 14.6. The first-order valence-electron chi connectivity index (χ1n) is 4.75. The number of carboxylic acids is 1. The fourth-order valence-electron chi connectivity index (χ4n) is 1.32. The molecule has 0 bridgehead atoms. The van der Waals surface area contributed by atoms with E-state index in [1.54, 1.807) is 13.0 Å². The Balaban J connectivity index is 2.68. The van der Waals surface area contributed by atoms with Gasteiger partial charge in [-0.05, 0) is 31.5 Å². The van der Waals surface area contributed by atoms with Gasteiger partial charge in [0.2, 0.25) is 0 Å². The van der Waals surface area contributed by atoms with Gasteiger partial charge in [-0.2, -0.15) is 0 Å². The van der Waals surface area contributed by atoms with E-state index in [0.29, 0.717) is 5.02 Å². The van der Waals surface area contributed by atoms with Crippen molar-refractivity contribution < 1.29 is 9.90 Å². The largest absolute Gasteiger partial charge is 0.480 e. The SMILES string of the molecule is CC(N[C@@H](C)c1cccc(Cl)c1)C(=O)O. The number of halogens is 1. The summed E-state index contributed by atoms with van der Waals surface area (Å²) in [5.41, 5.74) is 0.982. The minimum atomic E-state index is -0.858. The van der Waals surface area contributed by atoms with Crippen LogP contribution in [0.2, 0.25) is 5.02 Å². The predicted molar refractivity (Wildman–Crippen MR) is 60.1 cm³/mol. The number of hydrogen-bond donors (Lipinski definition) is 2.